The monoisotopic (exact) mass is 257 g/mol. The van der Waals surface area contributed by atoms with Crippen LogP contribution in [0.4, 0.5) is 0 Å². The fraction of sp³-hybridized carbons (Fsp3) is 0.333. The van der Waals surface area contributed by atoms with Crippen molar-refractivity contribution in [2.45, 2.75) is 19.9 Å². The van der Waals surface area contributed by atoms with Gasteiger partial charge in [-0.3, -0.25) is 9.78 Å². The summed E-state index contributed by atoms with van der Waals surface area (Å²) in [5.41, 5.74) is 7.39. The molecule has 1 aromatic heterocycles. The van der Waals surface area contributed by atoms with E-state index in [9.17, 15) is 4.79 Å². The number of rotatable bonds is 4. The molecule has 2 rings (SSSR count). The summed E-state index contributed by atoms with van der Waals surface area (Å²) in [5.74, 6) is 0.240. The quantitative estimate of drug-likeness (QED) is 0.879. The Morgan fingerprint density at radius 3 is 2.79 bits per heavy atom. The highest BCUT2D eigenvalue weighted by Gasteiger charge is 2.13. The zero-order chi connectivity index (χ0) is 13.8. The molecule has 1 unspecified atom stereocenters. The van der Waals surface area contributed by atoms with Crippen molar-refractivity contribution in [3.05, 3.63) is 42.1 Å². The molecule has 0 radical (unpaired) electrons. The molecular formula is C15H19N3O. The summed E-state index contributed by atoms with van der Waals surface area (Å²) < 4.78 is 0. The van der Waals surface area contributed by atoms with Gasteiger partial charge in [0.1, 0.15) is 0 Å². The number of carbonyl (C=O) groups excluding carboxylic acids is 1. The van der Waals surface area contributed by atoms with Crippen molar-refractivity contribution >= 4 is 16.8 Å². The average Bonchev–Trinajstić information content (AvgIpc) is 2.43. The average molecular weight is 257 g/mol. The molecule has 2 aromatic rings. The van der Waals surface area contributed by atoms with E-state index in [4.69, 9.17) is 5.73 Å². The van der Waals surface area contributed by atoms with Crippen LogP contribution in [0.15, 0.2) is 36.5 Å². The van der Waals surface area contributed by atoms with Gasteiger partial charge in [0.2, 0.25) is 0 Å². The number of aromatic nitrogens is 1. The highest BCUT2D eigenvalue weighted by molar-refractivity contribution is 6.05. The first-order valence-corrected chi connectivity index (χ1v) is 6.47. The van der Waals surface area contributed by atoms with E-state index in [0.29, 0.717) is 18.0 Å². The minimum atomic E-state index is -0.102. The Morgan fingerprint density at radius 1 is 1.32 bits per heavy atom. The highest BCUT2D eigenvalue weighted by atomic mass is 16.1. The number of fused-ring (bicyclic) bond motifs is 1. The zero-order valence-corrected chi connectivity index (χ0v) is 11.3. The third-order valence-electron chi connectivity index (χ3n) is 3.25. The first-order valence-electron chi connectivity index (χ1n) is 6.47. The maximum atomic E-state index is 12.2. The van der Waals surface area contributed by atoms with E-state index in [1.807, 2.05) is 38.1 Å². The maximum absolute atomic E-state index is 12.2. The summed E-state index contributed by atoms with van der Waals surface area (Å²) in [6.45, 7) is 4.56. The lowest BCUT2D eigenvalue weighted by atomic mass is 10.1. The van der Waals surface area contributed by atoms with Crippen LogP contribution >= 0.6 is 0 Å². The number of nitrogens with one attached hydrogen (secondary N) is 1. The Labute approximate surface area is 113 Å². The molecule has 0 bridgehead atoms. The number of hydrogen-bond donors (Lipinski definition) is 2. The topological polar surface area (TPSA) is 68.0 Å². The normalized spacial score (nSPS) is 12.6. The van der Waals surface area contributed by atoms with Crippen LogP contribution in [0, 0.1) is 5.92 Å². The molecule has 3 N–H and O–H groups in total. The van der Waals surface area contributed by atoms with Gasteiger partial charge >= 0.3 is 0 Å². The number of pyridine rings is 1. The molecule has 0 spiro atoms. The van der Waals surface area contributed by atoms with Crippen LogP contribution in [-0.4, -0.2) is 23.5 Å². The minimum Gasteiger partial charge on any atom is -0.350 e. The summed E-state index contributed by atoms with van der Waals surface area (Å²) >= 11 is 0. The van der Waals surface area contributed by atoms with Crippen LogP contribution in [-0.2, 0) is 0 Å². The molecule has 1 amide bonds. The maximum Gasteiger partial charge on any atom is 0.252 e. The number of hydrogen-bond acceptors (Lipinski definition) is 3. The van der Waals surface area contributed by atoms with Crippen molar-refractivity contribution in [1.82, 2.24) is 10.3 Å². The molecule has 0 aliphatic carbocycles. The predicted octanol–water partition coefficient (Wildman–Crippen LogP) is 1.95. The molecule has 1 atom stereocenters. The van der Waals surface area contributed by atoms with Gasteiger partial charge in [0.05, 0.1) is 11.1 Å². The van der Waals surface area contributed by atoms with Crippen molar-refractivity contribution in [1.29, 1.82) is 0 Å². The van der Waals surface area contributed by atoms with Crippen LogP contribution in [0.3, 0.4) is 0 Å². The molecule has 0 saturated carbocycles. The summed E-state index contributed by atoms with van der Waals surface area (Å²) in [6.07, 6.45) is 1.65. The van der Waals surface area contributed by atoms with Crippen LogP contribution in [0.5, 0.6) is 0 Å². The second kappa shape index (κ2) is 5.80. The third kappa shape index (κ3) is 3.09. The summed E-state index contributed by atoms with van der Waals surface area (Å²) in [4.78, 5) is 16.4. The van der Waals surface area contributed by atoms with Crippen LogP contribution in [0.2, 0.25) is 0 Å². The summed E-state index contributed by atoms with van der Waals surface area (Å²) in [7, 11) is 0. The summed E-state index contributed by atoms with van der Waals surface area (Å²) in [5, 5.41) is 3.74. The van der Waals surface area contributed by atoms with Gasteiger partial charge in [0.25, 0.3) is 5.91 Å². The van der Waals surface area contributed by atoms with Crippen molar-refractivity contribution in [2.75, 3.05) is 6.54 Å². The number of para-hydroxylation sites is 1. The SMILES string of the molecule is CC(C)C(N)CNC(=O)c1ccnc2ccccc12. The molecule has 4 heteroatoms. The van der Waals surface area contributed by atoms with Gasteiger partial charge in [-0.25, -0.2) is 0 Å². The Hall–Kier alpha value is -1.94. The smallest absolute Gasteiger partial charge is 0.252 e. The molecule has 19 heavy (non-hydrogen) atoms. The van der Waals surface area contributed by atoms with Crippen molar-refractivity contribution in [3.8, 4) is 0 Å². The lowest BCUT2D eigenvalue weighted by Crippen LogP contribution is -2.40. The van der Waals surface area contributed by atoms with Crippen molar-refractivity contribution < 1.29 is 4.79 Å². The van der Waals surface area contributed by atoms with E-state index in [1.54, 1.807) is 12.3 Å². The molecule has 0 fully saturated rings. The van der Waals surface area contributed by atoms with Gasteiger partial charge in [-0.2, -0.15) is 0 Å². The molecule has 4 nitrogen and oxygen atoms in total. The summed E-state index contributed by atoms with van der Waals surface area (Å²) in [6, 6.07) is 9.31. The second-order valence-corrected chi connectivity index (χ2v) is 4.99. The van der Waals surface area contributed by atoms with Gasteiger partial charge in [-0.1, -0.05) is 32.0 Å². The van der Waals surface area contributed by atoms with E-state index in [-0.39, 0.29) is 11.9 Å². The fourth-order valence-electron chi connectivity index (χ4n) is 1.84. The van der Waals surface area contributed by atoms with Crippen molar-refractivity contribution in [3.63, 3.8) is 0 Å². The Kier molecular flexibility index (Phi) is 4.12. The predicted molar refractivity (Wildman–Crippen MR) is 76.9 cm³/mol. The Balaban J connectivity index is 2.18. The fourth-order valence-corrected chi connectivity index (χ4v) is 1.84. The van der Waals surface area contributed by atoms with E-state index >= 15 is 0 Å². The number of benzene rings is 1. The highest BCUT2D eigenvalue weighted by Crippen LogP contribution is 2.15. The first kappa shape index (κ1) is 13.5. The minimum absolute atomic E-state index is 0.0305. The largest absolute Gasteiger partial charge is 0.350 e. The van der Waals surface area contributed by atoms with E-state index in [0.717, 1.165) is 10.9 Å². The van der Waals surface area contributed by atoms with Gasteiger partial charge < -0.3 is 11.1 Å². The Bertz CT molecular complexity index is 575. The molecular weight excluding hydrogens is 238 g/mol. The molecule has 0 aliphatic heterocycles. The zero-order valence-electron chi connectivity index (χ0n) is 11.3. The van der Waals surface area contributed by atoms with Crippen LogP contribution < -0.4 is 11.1 Å². The lowest BCUT2D eigenvalue weighted by Gasteiger charge is -2.16. The van der Waals surface area contributed by atoms with Gasteiger partial charge in [0.15, 0.2) is 0 Å². The van der Waals surface area contributed by atoms with E-state index in [1.165, 1.54) is 0 Å². The number of carbonyl (C=O) groups is 1. The van der Waals surface area contributed by atoms with Gasteiger partial charge in [0, 0.05) is 24.2 Å². The molecule has 100 valence electrons. The lowest BCUT2D eigenvalue weighted by molar-refractivity contribution is 0.0951. The number of nitrogens with two attached hydrogens (primary N) is 1. The van der Waals surface area contributed by atoms with Crippen LogP contribution in [0.25, 0.3) is 10.9 Å². The number of amides is 1. The molecule has 0 saturated heterocycles. The van der Waals surface area contributed by atoms with E-state index < -0.39 is 0 Å². The first-order chi connectivity index (χ1) is 9.09. The van der Waals surface area contributed by atoms with Gasteiger partial charge in [-0.05, 0) is 18.1 Å². The molecule has 0 aliphatic rings. The van der Waals surface area contributed by atoms with Crippen LogP contribution in [0.1, 0.15) is 24.2 Å². The molecule has 1 heterocycles. The third-order valence-corrected chi connectivity index (χ3v) is 3.25. The second-order valence-electron chi connectivity index (χ2n) is 4.99. The van der Waals surface area contributed by atoms with Crippen molar-refractivity contribution in [2.24, 2.45) is 11.7 Å². The standard InChI is InChI=1S/C15H19N3O/c1-10(2)13(16)9-18-15(19)12-7-8-17-14-6-4-3-5-11(12)14/h3-8,10,13H,9,16H2,1-2H3,(H,18,19). The van der Waals surface area contributed by atoms with Gasteiger partial charge in [-0.15, -0.1) is 0 Å². The van der Waals surface area contributed by atoms with E-state index in [2.05, 4.69) is 10.3 Å². The number of nitrogens with zero attached hydrogens (tertiary/aromatic N) is 1. The molecule has 1 aromatic carbocycles. The Morgan fingerprint density at radius 2 is 2.05 bits per heavy atom.